The first kappa shape index (κ1) is 21.9. The molecule has 0 unspecified atom stereocenters. The Hall–Kier alpha value is -1.93. The second-order valence-electron chi connectivity index (χ2n) is 8.95. The zero-order chi connectivity index (χ0) is 22.4. The molecule has 7 atom stereocenters. The van der Waals surface area contributed by atoms with Gasteiger partial charge in [-0.1, -0.05) is 47.5 Å². The number of fused-ring (bicyclic) bond motifs is 1. The maximum absolute atomic E-state index is 10.4. The summed E-state index contributed by atoms with van der Waals surface area (Å²) >= 11 is 6.43. The molecule has 170 valence electrons. The number of rotatable bonds is 6. The van der Waals surface area contributed by atoms with Gasteiger partial charge in [-0.15, -0.1) is 0 Å². The highest BCUT2D eigenvalue weighted by Gasteiger charge is 2.44. The first-order valence-corrected chi connectivity index (χ1v) is 11.4. The van der Waals surface area contributed by atoms with Gasteiger partial charge in [0.05, 0.1) is 6.61 Å². The predicted octanol–water partition coefficient (Wildman–Crippen LogP) is 2.54. The highest BCUT2D eigenvalue weighted by molar-refractivity contribution is 6.31. The van der Waals surface area contributed by atoms with Gasteiger partial charge in [0.25, 0.3) is 0 Å². The van der Waals surface area contributed by atoms with E-state index in [-0.39, 0.29) is 6.10 Å². The third kappa shape index (κ3) is 4.31. The van der Waals surface area contributed by atoms with Crippen molar-refractivity contribution >= 4 is 11.6 Å². The summed E-state index contributed by atoms with van der Waals surface area (Å²) in [7, 11) is 0. The summed E-state index contributed by atoms with van der Waals surface area (Å²) in [5, 5.41) is 40.6. The second kappa shape index (κ2) is 8.78. The molecule has 2 fully saturated rings. The van der Waals surface area contributed by atoms with Crippen LogP contribution in [0.5, 0.6) is 5.75 Å². The smallest absolute Gasteiger partial charge is 0.119 e. The van der Waals surface area contributed by atoms with Crippen LogP contribution in [0.2, 0.25) is 5.02 Å². The van der Waals surface area contributed by atoms with Gasteiger partial charge in [-0.05, 0) is 47.7 Å². The van der Waals surface area contributed by atoms with Crippen molar-refractivity contribution in [3.05, 3.63) is 75.8 Å². The quantitative estimate of drug-likeness (QED) is 0.496. The number of benzene rings is 2. The molecule has 0 spiro atoms. The van der Waals surface area contributed by atoms with Crippen LogP contribution < -0.4 is 4.74 Å². The number of halogens is 1. The van der Waals surface area contributed by atoms with Crippen molar-refractivity contribution < 1.29 is 29.9 Å². The molecule has 1 saturated heterocycles. The van der Waals surface area contributed by atoms with Crippen molar-refractivity contribution in [1.29, 1.82) is 0 Å². The molecular formula is C25H27ClO6. The Morgan fingerprint density at radius 3 is 2.47 bits per heavy atom. The molecule has 0 bridgehead atoms. The highest BCUT2D eigenvalue weighted by atomic mass is 35.5. The van der Waals surface area contributed by atoms with Crippen LogP contribution in [-0.2, 0) is 11.2 Å². The number of aliphatic hydroxyl groups is 4. The van der Waals surface area contributed by atoms with Crippen molar-refractivity contribution in [2.75, 3.05) is 6.61 Å². The van der Waals surface area contributed by atoms with E-state index in [0.29, 0.717) is 22.9 Å². The van der Waals surface area contributed by atoms with Crippen molar-refractivity contribution in [3.8, 4) is 5.75 Å². The third-order valence-electron chi connectivity index (χ3n) is 6.67. The van der Waals surface area contributed by atoms with Gasteiger partial charge in [-0.3, -0.25) is 0 Å². The van der Waals surface area contributed by atoms with Crippen molar-refractivity contribution in [2.24, 2.45) is 5.92 Å². The summed E-state index contributed by atoms with van der Waals surface area (Å²) in [4.78, 5) is 0. The molecule has 1 aliphatic heterocycles. The van der Waals surface area contributed by atoms with E-state index < -0.39 is 37.1 Å². The molecule has 3 aliphatic rings. The highest BCUT2D eigenvalue weighted by Crippen LogP contribution is 2.45. The first-order valence-electron chi connectivity index (χ1n) is 11.0. The van der Waals surface area contributed by atoms with Crippen LogP contribution in [0.1, 0.15) is 35.6 Å². The average molecular weight is 459 g/mol. The van der Waals surface area contributed by atoms with Crippen molar-refractivity contribution in [1.82, 2.24) is 0 Å². The van der Waals surface area contributed by atoms with Crippen LogP contribution in [0.15, 0.2) is 54.1 Å². The molecule has 2 aromatic carbocycles. The lowest BCUT2D eigenvalue weighted by Crippen LogP contribution is -2.55. The minimum atomic E-state index is -1.42. The molecule has 5 rings (SSSR count). The molecule has 1 heterocycles. The molecule has 0 amide bonds. The Balaban J connectivity index is 1.29. The molecule has 6 nitrogen and oxygen atoms in total. The lowest BCUT2D eigenvalue weighted by atomic mass is 9.90. The van der Waals surface area contributed by atoms with Gasteiger partial charge >= 0.3 is 0 Å². The van der Waals surface area contributed by atoms with Crippen LogP contribution in [0.4, 0.5) is 0 Å². The Morgan fingerprint density at radius 2 is 1.78 bits per heavy atom. The van der Waals surface area contributed by atoms with Crippen LogP contribution in [-0.4, -0.2) is 57.6 Å². The maximum Gasteiger partial charge on any atom is 0.119 e. The second-order valence-corrected chi connectivity index (χ2v) is 9.36. The van der Waals surface area contributed by atoms with Gasteiger partial charge in [0.15, 0.2) is 0 Å². The van der Waals surface area contributed by atoms with Gasteiger partial charge in [-0.2, -0.15) is 0 Å². The molecule has 2 aliphatic carbocycles. The van der Waals surface area contributed by atoms with E-state index in [2.05, 4.69) is 6.08 Å². The molecule has 4 N–H and O–H groups in total. The average Bonchev–Trinajstić information content (AvgIpc) is 3.41. The van der Waals surface area contributed by atoms with Gasteiger partial charge in [0, 0.05) is 17.4 Å². The van der Waals surface area contributed by atoms with Crippen molar-refractivity contribution in [2.45, 2.75) is 55.9 Å². The van der Waals surface area contributed by atoms with E-state index in [4.69, 9.17) is 21.1 Å². The van der Waals surface area contributed by atoms with Gasteiger partial charge in [0.2, 0.25) is 0 Å². The van der Waals surface area contributed by atoms with Crippen LogP contribution in [0.3, 0.4) is 0 Å². The summed E-state index contributed by atoms with van der Waals surface area (Å²) < 4.78 is 11.8. The summed E-state index contributed by atoms with van der Waals surface area (Å²) in [5.41, 5.74) is 4.05. The standard InChI is InChI=1S/C25H27ClO6/c26-20-6-3-14(25-24(30)23(29)22(28)21(12-27)32-25)8-17(20)7-13-1-4-18(5-2-13)31-19-10-15-9-16(15)11-19/h1-6,8-9,15,19,21-25,27-30H,7,10-12H2/t15-,19-,21+,22+,23-,24+,25-/m0/s1. The Morgan fingerprint density at radius 1 is 1.00 bits per heavy atom. The molecule has 0 aromatic heterocycles. The fourth-order valence-electron chi connectivity index (χ4n) is 4.75. The third-order valence-corrected chi connectivity index (χ3v) is 7.04. The zero-order valence-electron chi connectivity index (χ0n) is 17.5. The molecule has 32 heavy (non-hydrogen) atoms. The van der Waals surface area contributed by atoms with E-state index >= 15 is 0 Å². The monoisotopic (exact) mass is 458 g/mol. The van der Waals surface area contributed by atoms with Crippen LogP contribution in [0.25, 0.3) is 0 Å². The SMILES string of the molecule is OC[C@H]1O[C@@H](c2ccc(Cl)c(Cc3ccc(O[C@@H]4CC5=C[C@H]5C4)cc3)c2)[C@H](O)[C@@H](O)[C@@H]1O. The number of aliphatic hydroxyl groups excluding tert-OH is 4. The summed E-state index contributed by atoms with van der Waals surface area (Å²) in [6, 6.07) is 13.3. The molecule has 1 saturated carbocycles. The summed E-state index contributed by atoms with van der Waals surface area (Å²) in [6.07, 6.45) is -0.689. The van der Waals surface area contributed by atoms with E-state index in [1.165, 1.54) is 5.57 Å². The number of ether oxygens (including phenoxy) is 2. The Labute approximate surface area is 191 Å². The fourth-order valence-corrected chi connectivity index (χ4v) is 4.94. The van der Waals surface area contributed by atoms with Gasteiger partial charge < -0.3 is 29.9 Å². The van der Waals surface area contributed by atoms with Crippen LogP contribution in [0, 0.1) is 5.92 Å². The van der Waals surface area contributed by atoms with Crippen molar-refractivity contribution in [3.63, 3.8) is 0 Å². The largest absolute Gasteiger partial charge is 0.490 e. The molecular weight excluding hydrogens is 432 g/mol. The fraction of sp³-hybridized carbons (Fsp3) is 0.440. The van der Waals surface area contributed by atoms with Crippen LogP contribution >= 0.6 is 11.6 Å². The molecule has 0 radical (unpaired) electrons. The lowest BCUT2D eigenvalue weighted by molar-refractivity contribution is -0.231. The predicted molar refractivity (Wildman–Crippen MR) is 119 cm³/mol. The topological polar surface area (TPSA) is 99.4 Å². The minimum absolute atomic E-state index is 0.274. The number of hydrogen-bond donors (Lipinski definition) is 4. The minimum Gasteiger partial charge on any atom is -0.490 e. The lowest BCUT2D eigenvalue weighted by Gasteiger charge is -2.40. The maximum atomic E-state index is 10.4. The Kier molecular flexibility index (Phi) is 6.01. The van der Waals surface area contributed by atoms with E-state index in [9.17, 15) is 20.4 Å². The summed E-state index contributed by atoms with van der Waals surface area (Å²) in [5.74, 6) is 1.54. The zero-order valence-corrected chi connectivity index (χ0v) is 18.2. The van der Waals surface area contributed by atoms with Gasteiger partial charge in [0.1, 0.15) is 42.4 Å². The van der Waals surface area contributed by atoms with Gasteiger partial charge in [-0.25, -0.2) is 0 Å². The molecule has 2 aromatic rings. The van der Waals surface area contributed by atoms with E-state index in [1.807, 2.05) is 30.3 Å². The number of allylic oxidation sites excluding steroid dienone is 1. The summed E-state index contributed by atoms with van der Waals surface area (Å²) in [6.45, 7) is -0.463. The molecule has 7 heteroatoms. The first-order chi connectivity index (χ1) is 15.4. The van der Waals surface area contributed by atoms with E-state index in [1.54, 1.807) is 12.1 Å². The van der Waals surface area contributed by atoms with E-state index in [0.717, 1.165) is 29.7 Å². The Bertz CT molecular complexity index is 1000. The normalized spacial score (nSPS) is 33.5. The number of hydrogen-bond acceptors (Lipinski definition) is 6.